The minimum Gasteiger partial charge on any atom is -0.321 e. The quantitative estimate of drug-likeness (QED) is 0.725. The van der Waals surface area contributed by atoms with Crippen LogP contribution in [0, 0.1) is 19.3 Å². The van der Waals surface area contributed by atoms with Crippen molar-refractivity contribution in [1.82, 2.24) is 14.8 Å². The molecule has 2 N–H and O–H groups in total. The topological polar surface area (TPSA) is 56.7 Å². The Labute approximate surface area is 84.5 Å². The van der Waals surface area contributed by atoms with Crippen LogP contribution in [0.3, 0.4) is 0 Å². The molecule has 1 rings (SSSR count). The van der Waals surface area contributed by atoms with E-state index in [1.54, 1.807) is 0 Å². The summed E-state index contributed by atoms with van der Waals surface area (Å²) in [6, 6.07) is -0.201. The van der Waals surface area contributed by atoms with E-state index in [2.05, 4.69) is 23.0 Å². The van der Waals surface area contributed by atoms with Crippen molar-refractivity contribution in [3.05, 3.63) is 11.6 Å². The van der Waals surface area contributed by atoms with Crippen LogP contribution in [0.5, 0.6) is 0 Å². The van der Waals surface area contributed by atoms with Gasteiger partial charge in [0.15, 0.2) is 5.82 Å². The Kier molecular flexibility index (Phi) is 3.66. The Morgan fingerprint density at radius 3 is 2.86 bits per heavy atom. The van der Waals surface area contributed by atoms with E-state index in [0.29, 0.717) is 6.42 Å². The average molecular weight is 192 g/mol. The summed E-state index contributed by atoms with van der Waals surface area (Å²) in [6.45, 7) is 4.93. The molecule has 0 spiro atoms. The van der Waals surface area contributed by atoms with Crippen molar-refractivity contribution < 1.29 is 0 Å². The highest BCUT2D eigenvalue weighted by molar-refractivity contribution is 5.03. The first-order valence-corrected chi connectivity index (χ1v) is 4.79. The number of hydrogen-bond acceptors (Lipinski definition) is 3. The minimum absolute atomic E-state index is 0.201. The van der Waals surface area contributed by atoms with Crippen molar-refractivity contribution in [1.29, 1.82) is 0 Å². The summed E-state index contributed by atoms with van der Waals surface area (Å²) >= 11 is 0. The lowest BCUT2D eigenvalue weighted by molar-refractivity contribution is 0.574. The van der Waals surface area contributed by atoms with Gasteiger partial charge in [-0.3, -0.25) is 0 Å². The van der Waals surface area contributed by atoms with Crippen LogP contribution in [0.15, 0.2) is 0 Å². The Hall–Kier alpha value is -1.34. The van der Waals surface area contributed by atoms with Crippen LogP contribution >= 0.6 is 0 Å². The van der Waals surface area contributed by atoms with Crippen LogP contribution in [0.25, 0.3) is 0 Å². The summed E-state index contributed by atoms with van der Waals surface area (Å²) in [6.07, 6.45) is 6.75. The number of aromatic nitrogens is 3. The van der Waals surface area contributed by atoms with Crippen molar-refractivity contribution in [2.45, 2.75) is 39.3 Å². The summed E-state index contributed by atoms with van der Waals surface area (Å²) in [7, 11) is 0. The highest BCUT2D eigenvalue weighted by Gasteiger charge is 2.14. The summed E-state index contributed by atoms with van der Waals surface area (Å²) in [4.78, 5) is 0. The van der Waals surface area contributed by atoms with Crippen LogP contribution in [-0.2, 0) is 6.54 Å². The number of nitrogens with two attached hydrogens (primary N) is 1. The molecule has 0 aliphatic rings. The molecule has 0 amide bonds. The van der Waals surface area contributed by atoms with Crippen LogP contribution in [0.1, 0.15) is 37.5 Å². The molecule has 0 saturated carbocycles. The first-order chi connectivity index (χ1) is 6.70. The van der Waals surface area contributed by atoms with E-state index in [1.165, 1.54) is 0 Å². The predicted molar refractivity (Wildman–Crippen MR) is 55.4 cm³/mol. The van der Waals surface area contributed by atoms with Gasteiger partial charge in [0, 0.05) is 13.0 Å². The normalized spacial score (nSPS) is 12.4. The van der Waals surface area contributed by atoms with Crippen molar-refractivity contribution in [3.63, 3.8) is 0 Å². The standard InChI is InChI=1S/C10H16N4/c1-4-6-9(11)10-13-12-8(3)14(10)7-5-2/h1,9H,5-7,11H2,2-3H3. The zero-order chi connectivity index (χ0) is 10.6. The molecule has 0 bridgehead atoms. The van der Waals surface area contributed by atoms with Crippen molar-refractivity contribution >= 4 is 0 Å². The van der Waals surface area contributed by atoms with Gasteiger partial charge in [-0.2, -0.15) is 0 Å². The molecule has 0 radical (unpaired) electrons. The van der Waals surface area contributed by atoms with E-state index < -0.39 is 0 Å². The van der Waals surface area contributed by atoms with E-state index in [-0.39, 0.29) is 6.04 Å². The molecular formula is C10H16N4. The molecule has 1 aromatic heterocycles. The molecule has 1 aromatic rings. The van der Waals surface area contributed by atoms with Gasteiger partial charge in [0.25, 0.3) is 0 Å². The van der Waals surface area contributed by atoms with E-state index >= 15 is 0 Å². The number of terminal acetylenes is 1. The number of hydrogen-bond donors (Lipinski definition) is 1. The van der Waals surface area contributed by atoms with Gasteiger partial charge in [-0.1, -0.05) is 6.92 Å². The largest absolute Gasteiger partial charge is 0.321 e. The summed E-state index contributed by atoms with van der Waals surface area (Å²) < 4.78 is 2.03. The molecule has 0 aromatic carbocycles. The first kappa shape index (κ1) is 10.7. The lowest BCUT2D eigenvalue weighted by Crippen LogP contribution is -2.17. The molecule has 0 aliphatic carbocycles. The van der Waals surface area contributed by atoms with Crippen LogP contribution in [0.4, 0.5) is 0 Å². The van der Waals surface area contributed by atoms with E-state index in [4.69, 9.17) is 12.2 Å². The Morgan fingerprint density at radius 1 is 1.57 bits per heavy atom. The van der Waals surface area contributed by atoms with Gasteiger partial charge in [0.05, 0.1) is 6.04 Å². The second-order valence-corrected chi connectivity index (χ2v) is 3.27. The van der Waals surface area contributed by atoms with Crippen LogP contribution < -0.4 is 5.73 Å². The maximum atomic E-state index is 5.88. The fourth-order valence-corrected chi connectivity index (χ4v) is 1.39. The van der Waals surface area contributed by atoms with Gasteiger partial charge in [-0.25, -0.2) is 0 Å². The highest BCUT2D eigenvalue weighted by Crippen LogP contribution is 2.12. The molecule has 14 heavy (non-hydrogen) atoms. The second-order valence-electron chi connectivity index (χ2n) is 3.27. The molecule has 0 saturated heterocycles. The maximum Gasteiger partial charge on any atom is 0.150 e. The minimum atomic E-state index is -0.201. The summed E-state index contributed by atoms with van der Waals surface area (Å²) in [5.74, 6) is 4.23. The zero-order valence-corrected chi connectivity index (χ0v) is 8.70. The van der Waals surface area contributed by atoms with Gasteiger partial charge in [0.1, 0.15) is 5.82 Å². The average Bonchev–Trinajstić information content (AvgIpc) is 2.50. The number of aryl methyl sites for hydroxylation is 1. The van der Waals surface area contributed by atoms with Gasteiger partial charge in [-0.15, -0.1) is 22.5 Å². The highest BCUT2D eigenvalue weighted by atomic mass is 15.3. The number of rotatable bonds is 4. The molecule has 76 valence electrons. The molecule has 1 atom stereocenters. The molecule has 1 heterocycles. The third-order valence-electron chi connectivity index (χ3n) is 2.08. The first-order valence-electron chi connectivity index (χ1n) is 4.79. The smallest absolute Gasteiger partial charge is 0.150 e. The number of nitrogens with zero attached hydrogens (tertiary/aromatic N) is 3. The predicted octanol–water partition coefficient (Wildman–Crippen LogP) is 1.02. The monoisotopic (exact) mass is 192 g/mol. The van der Waals surface area contributed by atoms with E-state index in [1.807, 2.05) is 11.5 Å². The van der Waals surface area contributed by atoms with Crippen molar-refractivity contribution in [3.8, 4) is 12.3 Å². The van der Waals surface area contributed by atoms with Gasteiger partial charge in [0.2, 0.25) is 0 Å². The molecular weight excluding hydrogens is 176 g/mol. The zero-order valence-electron chi connectivity index (χ0n) is 8.70. The Balaban J connectivity index is 2.91. The van der Waals surface area contributed by atoms with Crippen LogP contribution in [0.2, 0.25) is 0 Å². The molecule has 0 aliphatic heterocycles. The fourth-order valence-electron chi connectivity index (χ4n) is 1.39. The summed E-state index contributed by atoms with van der Waals surface area (Å²) in [5, 5.41) is 8.05. The summed E-state index contributed by atoms with van der Waals surface area (Å²) in [5.41, 5.74) is 5.88. The third-order valence-corrected chi connectivity index (χ3v) is 2.08. The molecule has 0 fully saturated rings. The lowest BCUT2D eigenvalue weighted by Gasteiger charge is -2.10. The van der Waals surface area contributed by atoms with Gasteiger partial charge in [-0.05, 0) is 13.3 Å². The lowest BCUT2D eigenvalue weighted by atomic mass is 10.2. The van der Waals surface area contributed by atoms with E-state index in [0.717, 1.165) is 24.6 Å². The Morgan fingerprint density at radius 2 is 2.29 bits per heavy atom. The van der Waals surface area contributed by atoms with Crippen molar-refractivity contribution in [2.24, 2.45) is 5.73 Å². The second kappa shape index (κ2) is 4.77. The Bertz CT molecular complexity index is 334. The van der Waals surface area contributed by atoms with Crippen molar-refractivity contribution in [2.75, 3.05) is 0 Å². The fraction of sp³-hybridized carbons (Fsp3) is 0.600. The van der Waals surface area contributed by atoms with Gasteiger partial charge >= 0.3 is 0 Å². The third kappa shape index (κ3) is 2.12. The maximum absolute atomic E-state index is 5.88. The molecule has 1 unspecified atom stereocenters. The molecule has 4 nitrogen and oxygen atoms in total. The van der Waals surface area contributed by atoms with E-state index in [9.17, 15) is 0 Å². The van der Waals surface area contributed by atoms with Gasteiger partial charge < -0.3 is 10.3 Å². The molecule has 4 heteroatoms. The SMILES string of the molecule is C#CCC(N)c1nnc(C)n1CCC. The van der Waals surface area contributed by atoms with Crippen LogP contribution in [-0.4, -0.2) is 14.8 Å².